The van der Waals surface area contributed by atoms with Crippen LogP contribution in [0.4, 0.5) is 5.82 Å². The van der Waals surface area contributed by atoms with E-state index in [0.717, 1.165) is 56.5 Å². The zero-order chi connectivity index (χ0) is 21.9. The molecule has 32 heavy (non-hydrogen) atoms. The van der Waals surface area contributed by atoms with Crippen molar-refractivity contribution in [2.24, 2.45) is 4.99 Å². The highest BCUT2D eigenvalue weighted by atomic mass is 127. The van der Waals surface area contributed by atoms with Crippen LogP contribution in [-0.4, -0.2) is 55.1 Å². The fourth-order valence-electron chi connectivity index (χ4n) is 3.80. The van der Waals surface area contributed by atoms with Crippen LogP contribution in [0.25, 0.3) is 0 Å². The predicted molar refractivity (Wildman–Crippen MR) is 146 cm³/mol. The number of hydrogen-bond donors (Lipinski definition) is 2. The molecule has 1 aliphatic rings. The van der Waals surface area contributed by atoms with Crippen molar-refractivity contribution in [3.05, 3.63) is 59.8 Å². The summed E-state index contributed by atoms with van der Waals surface area (Å²) in [6, 6.07) is 15.4. The van der Waals surface area contributed by atoms with Gasteiger partial charge in [0.15, 0.2) is 5.96 Å². The van der Waals surface area contributed by atoms with E-state index in [-0.39, 0.29) is 24.0 Å². The van der Waals surface area contributed by atoms with Gasteiger partial charge < -0.3 is 15.5 Å². The van der Waals surface area contributed by atoms with Crippen LogP contribution in [0.2, 0.25) is 0 Å². The number of nitrogens with zero attached hydrogens (tertiary/aromatic N) is 4. The second kappa shape index (κ2) is 14.3. The van der Waals surface area contributed by atoms with Crippen LogP contribution < -0.4 is 15.5 Å². The maximum Gasteiger partial charge on any atom is 0.191 e. The second-order valence-corrected chi connectivity index (χ2v) is 8.38. The van der Waals surface area contributed by atoms with Crippen molar-refractivity contribution in [1.82, 2.24) is 20.5 Å². The highest BCUT2D eigenvalue weighted by Crippen LogP contribution is 2.17. The van der Waals surface area contributed by atoms with Crippen LogP contribution in [0, 0.1) is 0 Å². The van der Waals surface area contributed by atoms with Gasteiger partial charge in [-0.3, -0.25) is 4.90 Å². The van der Waals surface area contributed by atoms with Gasteiger partial charge in [-0.2, -0.15) is 0 Å². The summed E-state index contributed by atoms with van der Waals surface area (Å²) in [5.41, 5.74) is 2.49. The normalized spacial score (nSPS) is 14.9. The van der Waals surface area contributed by atoms with Gasteiger partial charge in [-0.05, 0) is 57.4 Å². The molecule has 0 aliphatic carbocycles. The first kappa shape index (κ1) is 26.4. The zero-order valence-corrected chi connectivity index (χ0v) is 22.1. The molecule has 0 amide bonds. The SMILES string of the molecule is CCNC(=NCc1ccc(N2CCCC2)nc1)NCCC(C)N(C)Cc1ccccc1.I. The van der Waals surface area contributed by atoms with Crippen LogP contribution in [0.3, 0.4) is 0 Å². The molecule has 6 nitrogen and oxygen atoms in total. The first-order valence-corrected chi connectivity index (χ1v) is 11.6. The lowest BCUT2D eigenvalue weighted by molar-refractivity contribution is 0.238. The maximum absolute atomic E-state index is 4.75. The molecule has 1 aliphatic heterocycles. The number of pyridine rings is 1. The number of aromatic nitrogens is 1. The summed E-state index contributed by atoms with van der Waals surface area (Å²) in [5, 5.41) is 6.83. The van der Waals surface area contributed by atoms with E-state index in [0.29, 0.717) is 12.6 Å². The average molecular weight is 551 g/mol. The Morgan fingerprint density at radius 2 is 1.84 bits per heavy atom. The summed E-state index contributed by atoms with van der Waals surface area (Å²) >= 11 is 0. The van der Waals surface area contributed by atoms with E-state index < -0.39 is 0 Å². The number of benzene rings is 1. The Morgan fingerprint density at radius 3 is 2.50 bits per heavy atom. The molecular formula is C25H39IN6. The number of nitrogens with one attached hydrogen (secondary N) is 2. The van der Waals surface area contributed by atoms with Crippen LogP contribution in [-0.2, 0) is 13.1 Å². The van der Waals surface area contributed by atoms with Crippen molar-refractivity contribution >= 4 is 35.8 Å². The molecule has 176 valence electrons. The van der Waals surface area contributed by atoms with Crippen molar-refractivity contribution in [2.45, 2.75) is 52.2 Å². The second-order valence-electron chi connectivity index (χ2n) is 8.38. The highest BCUT2D eigenvalue weighted by Gasteiger charge is 2.13. The van der Waals surface area contributed by atoms with Crippen LogP contribution in [0.1, 0.15) is 44.2 Å². The van der Waals surface area contributed by atoms with Gasteiger partial charge in [-0.1, -0.05) is 36.4 Å². The van der Waals surface area contributed by atoms with Crippen molar-refractivity contribution < 1.29 is 0 Å². The van der Waals surface area contributed by atoms with Crippen molar-refractivity contribution in [3.63, 3.8) is 0 Å². The fraction of sp³-hybridized carbons (Fsp3) is 0.520. The Bertz CT molecular complexity index is 790. The quantitative estimate of drug-likeness (QED) is 0.263. The molecular weight excluding hydrogens is 511 g/mol. The van der Waals surface area contributed by atoms with Gasteiger partial charge in [-0.25, -0.2) is 9.98 Å². The van der Waals surface area contributed by atoms with E-state index in [9.17, 15) is 0 Å². The molecule has 2 heterocycles. The first-order chi connectivity index (χ1) is 15.2. The number of halogens is 1. The highest BCUT2D eigenvalue weighted by molar-refractivity contribution is 14.0. The molecule has 0 bridgehead atoms. The maximum atomic E-state index is 4.75. The van der Waals surface area contributed by atoms with Crippen LogP contribution in [0.15, 0.2) is 53.7 Å². The average Bonchev–Trinajstić information content (AvgIpc) is 3.33. The lowest BCUT2D eigenvalue weighted by Crippen LogP contribution is -2.40. The summed E-state index contributed by atoms with van der Waals surface area (Å²) in [6.45, 7) is 9.96. The summed E-state index contributed by atoms with van der Waals surface area (Å²) in [4.78, 5) is 14.1. The number of rotatable bonds is 10. The third kappa shape index (κ3) is 8.58. The Labute approximate surface area is 210 Å². The summed E-state index contributed by atoms with van der Waals surface area (Å²) in [7, 11) is 2.19. The minimum atomic E-state index is 0. The molecule has 1 atom stereocenters. The molecule has 0 radical (unpaired) electrons. The Balaban J connectivity index is 0.00000363. The van der Waals surface area contributed by atoms with Crippen molar-refractivity contribution in [1.29, 1.82) is 0 Å². The van der Waals surface area contributed by atoms with Gasteiger partial charge in [-0.15, -0.1) is 24.0 Å². The molecule has 1 unspecified atom stereocenters. The first-order valence-electron chi connectivity index (χ1n) is 11.6. The van der Waals surface area contributed by atoms with E-state index in [1.165, 1.54) is 18.4 Å². The number of hydrogen-bond acceptors (Lipinski definition) is 4. The largest absolute Gasteiger partial charge is 0.357 e. The van der Waals surface area contributed by atoms with E-state index in [1.54, 1.807) is 0 Å². The van der Waals surface area contributed by atoms with Crippen molar-refractivity contribution in [2.75, 3.05) is 38.1 Å². The van der Waals surface area contributed by atoms with Gasteiger partial charge >= 0.3 is 0 Å². The third-order valence-corrected chi connectivity index (χ3v) is 5.88. The van der Waals surface area contributed by atoms with Crippen molar-refractivity contribution in [3.8, 4) is 0 Å². The molecule has 2 N–H and O–H groups in total. The Kier molecular flexibility index (Phi) is 11.8. The minimum absolute atomic E-state index is 0. The van der Waals surface area contributed by atoms with Gasteiger partial charge in [0.25, 0.3) is 0 Å². The Hall–Kier alpha value is -1.87. The number of anilines is 1. The lowest BCUT2D eigenvalue weighted by Gasteiger charge is -2.25. The van der Waals surface area contributed by atoms with E-state index >= 15 is 0 Å². The molecule has 0 saturated carbocycles. The van der Waals surface area contributed by atoms with E-state index in [1.807, 2.05) is 6.20 Å². The smallest absolute Gasteiger partial charge is 0.191 e. The summed E-state index contributed by atoms with van der Waals surface area (Å²) in [5.74, 6) is 1.95. The van der Waals surface area contributed by atoms with E-state index in [2.05, 4.69) is 88.8 Å². The van der Waals surface area contributed by atoms with E-state index in [4.69, 9.17) is 4.99 Å². The van der Waals surface area contributed by atoms with Crippen LogP contribution in [0.5, 0.6) is 0 Å². The summed E-state index contributed by atoms with van der Waals surface area (Å²) in [6.07, 6.45) is 5.55. The minimum Gasteiger partial charge on any atom is -0.357 e. The molecule has 1 saturated heterocycles. The number of guanidine groups is 1. The molecule has 7 heteroatoms. The molecule has 1 fully saturated rings. The van der Waals surface area contributed by atoms with Gasteiger partial charge in [0.05, 0.1) is 6.54 Å². The third-order valence-electron chi connectivity index (χ3n) is 5.88. The van der Waals surface area contributed by atoms with Crippen LogP contribution >= 0.6 is 24.0 Å². The van der Waals surface area contributed by atoms with Gasteiger partial charge in [0.2, 0.25) is 0 Å². The molecule has 1 aromatic carbocycles. The topological polar surface area (TPSA) is 55.8 Å². The predicted octanol–water partition coefficient (Wildman–Crippen LogP) is 4.27. The number of aliphatic imine (C=N–C) groups is 1. The monoisotopic (exact) mass is 550 g/mol. The standard InChI is InChI=1S/C25H38N6.HI/c1-4-26-25(27-15-14-21(2)30(3)20-22-10-6-5-7-11-22)29-19-23-12-13-24(28-18-23)31-16-8-9-17-31;/h5-7,10-13,18,21H,4,8-9,14-17,19-20H2,1-3H3,(H2,26,27,29);1H. The molecule has 0 spiro atoms. The lowest BCUT2D eigenvalue weighted by atomic mass is 10.1. The summed E-state index contributed by atoms with van der Waals surface area (Å²) < 4.78 is 0. The zero-order valence-electron chi connectivity index (χ0n) is 19.8. The van der Waals surface area contributed by atoms with Gasteiger partial charge in [0, 0.05) is 45.0 Å². The molecule has 1 aromatic heterocycles. The fourth-order valence-corrected chi connectivity index (χ4v) is 3.80. The molecule has 2 aromatic rings. The Morgan fingerprint density at radius 1 is 1.09 bits per heavy atom. The van der Waals surface area contributed by atoms with Gasteiger partial charge in [0.1, 0.15) is 5.82 Å². The molecule has 3 rings (SSSR count).